The molecule has 0 aliphatic carbocycles. The fourth-order valence-corrected chi connectivity index (χ4v) is 3.07. The monoisotopic (exact) mass is 303 g/mol. The average molecular weight is 303 g/mol. The number of hydrogen-bond acceptors (Lipinski definition) is 5. The van der Waals surface area contributed by atoms with Crippen LogP contribution in [0.3, 0.4) is 0 Å². The summed E-state index contributed by atoms with van der Waals surface area (Å²) in [5.41, 5.74) is 5.56. The van der Waals surface area contributed by atoms with Gasteiger partial charge in [0.25, 0.3) is 0 Å². The first-order valence-electron chi connectivity index (χ1n) is 6.11. The minimum absolute atomic E-state index is 0.0707. The number of rotatable bonds is 4. The maximum absolute atomic E-state index is 12.2. The third-order valence-electron chi connectivity index (χ3n) is 2.95. The van der Waals surface area contributed by atoms with E-state index in [0.717, 1.165) is 0 Å². The van der Waals surface area contributed by atoms with Gasteiger partial charge in [-0.25, -0.2) is 8.42 Å². The number of hydrogen-bond donors (Lipinski definition) is 1. The van der Waals surface area contributed by atoms with Crippen LogP contribution in [0.2, 0.25) is 0 Å². The van der Waals surface area contributed by atoms with Gasteiger partial charge in [-0.15, -0.1) is 0 Å². The smallest absolute Gasteiger partial charge is 0.204 e. The lowest BCUT2D eigenvalue weighted by Crippen LogP contribution is -2.16. The molecule has 2 rings (SSSR count). The Hall–Kier alpha value is -2.59. The van der Waals surface area contributed by atoms with Gasteiger partial charge in [-0.3, -0.25) is 4.79 Å². The zero-order chi connectivity index (χ0) is 15.5. The quantitative estimate of drug-likeness (QED) is 0.898. The molecule has 0 amide bonds. The summed E-state index contributed by atoms with van der Waals surface area (Å²) in [6, 6.07) is 9.07. The van der Waals surface area contributed by atoms with Crippen LogP contribution in [0.4, 0.5) is 5.69 Å². The first-order valence-corrected chi connectivity index (χ1v) is 7.76. The summed E-state index contributed by atoms with van der Waals surface area (Å²) in [5.74, 6) is -0.149. The molecule has 0 saturated heterocycles. The molecule has 108 valence electrons. The second kappa shape index (κ2) is 5.81. The van der Waals surface area contributed by atoms with Gasteiger partial charge in [0, 0.05) is 25.0 Å². The lowest BCUT2D eigenvalue weighted by molar-refractivity contribution is 0.588. The van der Waals surface area contributed by atoms with Crippen LogP contribution < -0.4 is 11.2 Å². The van der Waals surface area contributed by atoms with E-state index in [2.05, 4.69) is 0 Å². The summed E-state index contributed by atoms with van der Waals surface area (Å²) in [6.45, 7) is 0.170. The molecule has 1 aromatic heterocycles. The molecular formula is C14H13N3O3S. The Morgan fingerprint density at radius 2 is 2.05 bits per heavy atom. The minimum Gasteiger partial charge on any atom is -0.394 e. The minimum atomic E-state index is -3.50. The van der Waals surface area contributed by atoms with Crippen LogP contribution in [-0.4, -0.2) is 18.7 Å². The highest BCUT2D eigenvalue weighted by atomic mass is 32.2. The SMILES string of the molecule is N#Cc1cccc(S(=O)(=O)CCn2ccc(=O)c(N)c2)c1. The number of anilines is 1. The Morgan fingerprint density at radius 3 is 2.71 bits per heavy atom. The molecule has 6 nitrogen and oxygen atoms in total. The molecule has 0 saturated carbocycles. The van der Waals surface area contributed by atoms with Crippen LogP contribution >= 0.6 is 0 Å². The molecule has 0 bridgehead atoms. The van der Waals surface area contributed by atoms with E-state index in [1.807, 2.05) is 6.07 Å². The first kappa shape index (κ1) is 14.8. The maximum Gasteiger partial charge on any atom is 0.204 e. The van der Waals surface area contributed by atoms with Gasteiger partial charge in [0.1, 0.15) is 0 Å². The molecule has 2 N–H and O–H groups in total. The second-order valence-electron chi connectivity index (χ2n) is 4.46. The Morgan fingerprint density at radius 1 is 1.29 bits per heavy atom. The summed E-state index contributed by atoms with van der Waals surface area (Å²) < 4.78 is 26.0. The lowest BCUT2D eigenvalue weighted by Gasteiger charge is -2.08. The first-order chi connectivity index (χ1) is 9.92. The van der Waals surface area contributed by atoms with Gasteiger partial charge in [-0.2, -0.15) is 5.26 Å². The van der Waals surface area contributed by atoms with Gasteiger partial charge in [-0.1, -0.05) is 6.07 Å². The van der Waals surface area contributed by atoms with E-state index in [-0.39, 0.29) is 28.3 Å². The molecule has 0 aliphatic rings. The number of nitrogen functional groups attached to an aromatic ring is 1. The van der Waals surface area contributed by atoms with E-state index in [1.165, 1.54) is 36.7 Å². The van der Waals surface area contributed by atoms with E-state index in [4.69, 9.17) is 11.0 Å². The van der Waals surface area contributed by atoms with Crippen molar-refractivity contribution in [1.29, 1.82) is 5.26 Å². The molecule has 0 unspecified atom stereocenters. The summed E-state index contributed by atoms with van der Waals surface area (Å²) in [5, 5.41) is 8.80. The van der Waals surface area contributed by atoms with Crippen molar-refractivity contribution in [3.63, 3.8) is 0 Å². The fraction of sp³-hybridized carbons (Fsp3) is 0.143. The Bertz CT molecular complexity index is 864. The summed E-state index contributed by atoms with van der Waals surface area (Å²) >= 11 is 0. The van der Waals surface area contributed by atoms with Crippen molar-refractivity contribution in [2.45, 2.75) is 11.4 Å². The predicted octanol–water partition coefficient (Wildman–Crippen LogP) is 0.776. The normalized spacial score (nSPS) is 11.0. The number of nitrogens with two attached hydrogens (primary N) is 1. The second-order valence-corrected chi connectivity index (χ2v) is 6.57. The molecule has 1 aromatic carbocycles. The van der Waals surface area contributed by atoms with E-state index in [9.17, 15) is 13.2 Å². The molecule has 0 fully saturated rings. The summed E-state index contributed by atoms with van der Waals surface area (Å²) in [7, 11) is -3.50. The molecule has 0 atom stereocenters. The van der Waals surface area contributed by atoms with Gasteiger partial charge < -0.3 is 10.3 Å². The third kappa shape index (κ3) is 3.49. The number of aromatic nitrogens is 1. The van der Waals surface area contributed by atoms with Gasteiger partial charge in [0.05, 0.1) is 28.0 Å². The molecule has 1 heterocycles. The zero-order valence-corrected chi connectivity index (χ0v) is 11.9. The van der Waals surface area contributed by atoms with Crippen molar-refractivity contribution in [3.05, 3.63) is 58.5 Å². The molecule has 2 aromatic rings. The van der Waals surface area contributed by atoms with Gasteiger partial charge in [0.15, 0.2) is 9.84 Å². The fourth-order valence-electron chi connectivity index (χ4n) is 1.79. The van der Waals surface area contributed by atoms with Crippen molar-refractivity contribution in [2.24, 2.45) is 0 Å². The van der Waals surface area contributed by atoms with Crippen molar-refractivity contribution >= 4 is 15.5 Å². The zero-order valence-electron chi connectivity index (χ0n) is 11.1. The van der Waals surface area contributed by atoms with Gasteiger partial charge in [-0.05, 0) is 18.2 Å². The van der Waals surface area contributed by atoms with E-state index >= 15 is 0 Å². The van der Waals surface area contributed by atoms with Crippen molar-refractivity contribution < 1.29 is 8.42 Å². The van der Waals surface area contributed by atoms with E-state index < -0.39 is 9.84 Å². The number of pyridine rings is 1. The highest BCUT2D eigenvalue weighted by molar-refractivity contribution is 7.91. The number of nitrogens with zero attached hydrogens (tertiary/aromatic N) is 2. The predicted molar refractivity (Wildman–Crippen MR) is 78.3 cm³/mol. The van der Waals surface area contributed by atoms with Gasteiger partial charge in [0.2, 0.25) is 5.43 Å². The van der Waals surface area contributed by atoms with Crippen LogP contribution in [0.25, 0.3) is 0 Å². The number of benzene rings is 1. The largest absolute Gasteiger partial charge is 0.394 e. The highest BCUT2D eigenvalue weighted by Crippen LogP contribution is 2.13. The molecule has 21 heavy (non-hydrogen) atoms. The van der Waals surface area contributed by atoms with Gasteiger partial charge >= 0.3 is 0 Å². The van der Waals surface area contributed by atoms with E-state index in [1.54, 1.807) is 10.6 Å². The van der Waals surface area contributed by atoms with Crippen LogP contribution in [0.1, 0.15) is 5.56 Å². The molecule has 0 radical (unpaired) electrons. The topological polar surface area (TPSA) is 106 Å². The Kier molecular flexibility index (Phi) is 4.10. The highest BCUT2D eigenvalue weighted by Gasteiger charge is 2.14. The Balaban J connectivity index is 2.19. The summed E-state index contributed by atoms with van der Waals surface area (Å²) in [6.07, 6.45) is 2.89. The Labute approximate surface area is 122 Å². The standard InChI is InChI=1S/C14H13N3O3S/c15-9-11-2-1-3-12(8-11)21(19,20)7-6-17-5-4-14(18)13(16)10-17/h1-5,8,10H,6-7,16H2. The molecule has 0 spiro atoms. The van der Waals surface area contributed by atoms with E-state index in [0.29, 0.717) is 5.56 Å². The van der Waals surface area contributed by atoms with Crippen LogP contribution in [0.15, 0.2) is 52.4 Å². The summed E-state index contributed by atoms with van der Waals surface area (Å²) in [4.78, 5) is 11.3. The average Bonchev–Trinajstić information content (AvgIpc) is 2.48. The lowest BCUT2D eigenvalue weighted by atomic mass is 10.2. The maximum atomic E-state index is 12.2. The molecule has 7 heteroatoms. The van der Waals surface area contributed by atoms with Crippen molar-refractivity contribution in [3.8, 4) is 6.07 Å². The van der Waals surface area contributed by atoms with Crippen LogP contribution in [0, 0.1) is 11.3 Å². The molecular weight excluding hydrogens is 290 g/mol. The van der Waals surface area contributed by atoms with Crippen molar-refractivity contribution in [2.75, 3.05) is 11.5 Å². The third-order valence-corrected chi connectivity index (χ3v) is 4.64. The van der Waals surface area contributed by atoms with Crippen LogP contribution in [0.5, 0.6) is 0 Å². The number of sulfone groups is 1. The molecule has 0 aliphatic heterocycles. The number of nitriles is 1. The van der Waals surface area contributed by atoms with Crippen molar-refractivity contribution in [1.82, 2.24) is 4.57 Å². The number of aryl methyl sites for hydroxylation is 1. The van der Waals surface area contributed by atoms with Crippen LogP contribution in [-0.2, 0) is 16.4 Å².